The summed E-state index contributed by atoms with van der Waals surface area (Å²) in [4.78, 5) is 24.8. The number of aromatic carboxylic acids is 1. The average molecular weight is 530 g/mol. The van der Waals surface area contributed by atoms with Crippen LogP contribution >= 0.6 is 0 Å². The van der Waals surface area contributed by atoms with Crippen LogP contribution in [0.4, 0.5) is 4.79 Å². The van der Waals surface area contributed by atoms with Crippen LogP contribution in [-0.4, -0.2) is 51.5 Å². The van der Waals surface area contributed by atoms with Crippen LogP contribution < -0.4 is 4.74 Å². The number of carboxylic acid groups (broad SMARTS) is 2. The second-order valence-corrected chi connectivity index (χ2v) is 11.8. The molecular weight excluding hydrogens is 492 g/mol. The largest absolute Gasteiger partial charge is 0.513 e. The molecule has 7 nitrogen and oxygen atoms in total. The van der Waals surface area contributed by atoms with Crippen molar-refractivity contribution in [3.05, 3.63) is 83.6 Å². The van der Waals surface area contributed by atoms with E-state index < -0.39 is 16.5 Å². The maximum absolute atomic E-state index is 12.7. The van der Waals surface area contributed by atoms with E-state index in [-0.39, 0.29) is 23.8 Å². The minimum atomic E-state index is -1.12. The van der Waals surface area contributed by atoms with Gasteiger partial charge in [0.15, 0.2) is 0 Å². The first kappa shape index (κ1) is 27.9. The molecule has 3 aromatic carbocycles. The third-order valence-corrected chi connectivity index (χ3v) is 6.90. The highest BCUT2D eigenvalue weighted by Gasteiger charge is 2.33. The molecule has 4 aromatic rings. The molecule has 0 radical (unpaired) electrons. The molecule has 0 atom stereocenters. The topological polar surface area (TPSA) is 88.8 Å². The van der Waals surface area contributed by atoms with Crippen molar-refractivity contribution >= 4 is 23.0 Å². The zero-order valence-electron chi connectivity index (χ0n) is 23.6. The average Bonchev–Trinajstić information content (AvgIpc) is 3.16. The summed E-state index contributed by atoms with van der Waals surface area (Å²) in [5.74, 6) is -0.433. The summed E-state index contributed by atoms with van der Waals surface area (Å²) in [5, 5.41) is 21.0. The first-order chi connectivity index (χ1) is 18.2. The summed E-state index contributed by atoms with van der Waals surface area (Å²) in [7, 11) is 3.12. The molecule has 0 bridgehead atoms. The fourth-order valence-corrected chi connectivity index (χ4v) is 4.76. The molecule has 0 saturated heterocycles. The van der Waals surface area contributed by atoms with Gasteiger partial charge in [0.2, 0.25) is 0 Å². The first-order valence-electron chi connectivity index (χ1n) is 13.0. The molecular formula is C32H37N2O5+. The number of aromatic nitrogens is 1. The number of benzene rings is 3. The molecule has 0 fully saturated rings. The summed E-state index contributed by atoms with van der Waals surface area (Å²) >= 11 is 0. The second-order valence-electron chi connectivity index (χ2n) is 11.8. The van der Waals surface area contributed by atoms with E-state index in [0.29, 0.717) is 27.9 Å². The smallest absolute Gasteiger partial charge is 0.491 e. The van der Waals surface area contributed by atoms with Crippen molar-refractivity contribution in [1.82, 2.24) is 4.57 Å². The molecule has 0 saturated carbocycles. The number of quaternary nitrogens is 1. The van der Waals surface area contributed by atoms with Gasteiger partial charge in [-0.3, -0.25) is 0 Å². The highest BCUT2D eigenvalue weighted by Crippen LogP contribution is 2.36. The van der Waals surface area contributed by atoms with Crippen molar-refractivity contribution < 1.29 is 29.0 Å². The van der Waals surface area contributed by atoms with Gasteiger partial charge in [-0.25, -0.2) is 9.28 Å². The number of carbonyl (C=O) groups is 2. The van der Waals surface area contributed by atoms with Gasteiger partial charge in [0.25, 0.3) is 0 Å². The van der Waals surface area contributed by atoms with E-state index in [9.17, 15) is 19.8 Å². The number of hydrogen-bond donors (Lipinski definition) is 2. The standard InChI is InChI=1S/C32H36N2O5/c1-20(2)39-25-15-13-24(14-16-25)33-28-17-10-22(21-8-11-23(12-9-21)32(3,4)5)18-26(28)27(29(33)30(35)36)19-34(6,7)31(37)38/h8-18,20H,19H2,1-7H3,(H-,35,36,37,38)/p+1. The fourth-order valence-electron chi connectivity index (χ4n) is 4.76. The third kappa shape index (κ3) is 5.68. The van der Waals surface area contributed by atoms with Crippen molar-refractivity contribution in [2.45, 2.75) is 52.7 Å². The second kappa shape index (κ2) is 10.2. The Morgan fingerprint density at radius 1 is 0.897 bits per heavy atom. The molecule has 2 N–H and O–H groups in total. The predicted molar refractivity (Wildman–Crippen MR) is 154 cm³/mol. The Balaban J connectivity index is 1.95. The number of carboxylic acids is 1. The quantitative estimate of drug-likeness (QED) is 0.245. The number of rotatable bonds is 7. The van der Waals surface area contributed by atoms with Gasteiger partial charge in [-0.05, 0) is 72.4 Å². The fraction of sp³-hybridized carbons (Fsp3) is 0.312. The Kier molecular flexibility index (Phi) is 7.32. The van der Waals surface area contributed by atoms with Crippen LogP contribution in [0, 0.1) is 0 Å². The molecule has 7 heteroatoms. The van der Waals surface area contributed by atoms with E-state index in [1.807, 2.05) is 56.3 Å². The van der Waals surface area contributed by atoms with E-state index in [1.54, 1.807) is 18.7 Å². The minimum absolute atomic E-state index is 0.00141. The summed E-state index contributed by atoms with van der Waals surface area (Å²) < 4.78 is 7.05. The Morgan fingerprint density at radius 2 is 1.49 bits per heavy atom. The van der Waals surface area contributed by atoms with Crippen molar-refractivity contribution in [2.75, 3.05) is 14.1 Å². The summed E-state index contributed by atoms with van der Waals surface area (Å²) in [6, 6.07) is 21.5. The molecule has 4 rings (SSSR count). The van der Waals surface area contributed by atoms with E-state index >= 15 is 0 Å². The molecule has 204 valence electrons. The molecule has 0 aliphatic rings. The summed E-state index contributed by atoms with van der Waals surface area (Å²) in [6.07, 6.45) is -1.03. The normalized spacial score (nSPS) is 12.2. The van der Waals surface area contributed by atoms with Crippen LogP contribution in [0.15, 0.2) is 66.7 Å². The van der Waals surface area contributed by atoms with Crippen LogP contribution in [0.25, 0.3) is 27.7 Å². The van der Waals surface area contributed by atoms with Crippen LogP contribution in [-0.2, 0) is 12.0 Å². The maximum Gasteiger partial charge on any atom is 0.513 e. The molecule has 0 unspecified atom stereocenters. The van der Waals surface area contributed by atoms with Gasteiger partial charge < -0.3 is 19.5 Å². The lowest BCUT2D eigenvalue weighted by Crippen LogP contribution is -2.43. The highest BCUT2D eigenvalue weighted by atomic mass is 16.5. The lowest BCUT2D eigenvalue weighted by molar-refractivity contribution is -0.830. The predicted octanol–water partition coefficient (Wildman–Crippen LogP) is 7.33. The minimum Gasteiger partial charge on any atom is -0.491 e. The zero-order valence-corrected chi connectivity index (χ0v) is 23.6. The number of hydrogen-bond acceptors (Lipinski definition) is 3. The van der Waals surface area contributed by atoms with Gasteiger partial charge in [0.05, 0.1) is 25.7 Å². The van der Waals surface area contributed by atoms with Crippen molar-refractivity contribution in [3.8, 4) is 22.6 Å². The Hall–Kier alpha value is -4.10. The van der Waals surface area contributed by atoms with Crippen molar-refractivity contribution in [2.24, 2.45) is 0 Å². The molecule has 1 aromatic heterocycles. The molecule has 1 heterocycles. The first-order valence-corrected chi connectivity index (χ1v) is 13.0. The lowest BCUT2D eigenvalue weighted by Gasteiger charge is -2.23. The van der Waals surface area contributed by atoms with E-state index in [1.165, 1.54) is 5.56 Å². The number of nitrogens with zero attached hydrogens (tertiary/aromatic N) is 2. The van der Waals surface area contributed by atoms with Gasteiger partial charge in [0, 0.05) is 16.6 Å². The highest BCUT2D eigenvalue weighted by molar-refractivity contribution is 6.01. The number of ether oxygens (including phenoxy) is 1. The molecule has 39 heavy (non-hydrogen) atoms. The lowest BCUT2D eigenvalue weighted by atomic mass is 9.86. The monoisotopic (exact) mass is 529 g/mol. The van der Waals surface area contributed by atoms with E-state index in [4.69, 9.17) is 4.74 Å². The number of amides is 1. The van der Waals surface area contributed by atoms with Crippen molar-refractivity contribution in [3.63, 3.8) is 0 Å². The molecule has 0 aliphatic heterocycles. The molecule has 1 amide bonds. The van der Waals surface area contributed by atoms with Gasteiger partial charge >= 0.3 is 12.1 Å². The Bertz CT molecular complexity index is 1520. The van der Waals surface area contributed by atoms with E-state index in [0.717, 1.165) is 11.1 Å². The van der Waals surface area contributed by atoms with Gasteiger partial charge in [-0.1, -0.05) is 51.1 Å². The van der Waals surface area contributed by atoms with Crippen molar-refractivity contribution in [1.29, 1.82) is 0 Å². The SMILES string of the molecule is CC(C)Oc1ccc(-n2c(C(=O)O)c(C[N+](C)(C)C(=O)O)c3cc(-c4ccc(C(C)(C)C)cc4)ccc32)cc1. The third-order valence-electron chi connectivity index (χ3n) is 6.90. The molecule has 0 spiro atoms. The van der Waals surface area contributed by atoms with Gasteiger partial charge in [-0.15, -0.1) is 0 Å². The van der Waals surface area contributed by atoms with Crippen LogP contribution in [0.3, 0.4) is 0 Å². The zero-order chi connectivity index (χ0) is 28.7. The Labute approximate surface area is 229 Å². The van der Waals surface area contributed by atoms with E-state index in [2.05, 4.69) is 45.0 Å². The maximum atomic E-state index is 12.7. The van der Waals surface area contributed by atoms with Gasteiger partial charge in [-0.2, -0.15) is 4.79 Å². The molecule has 0 aliphatic carbocycles. The Morgan fingerprint density at radius 3 is 2.00 bits per heavy atom. The van der Waals surface area contributed by atoms with Gasteiger partial charge in [0.1, 0.15) is 18.0 Å². The number of fused-ring (bicyclic) bond motifs is 1. The summed E-state index contributed by atoms with van der Waals surface area (Å²) in [6.45, 7) is 10.4. The summed E-state index contributed by atoms with van der Waals surface area (Å²) in [5.41, 5.74) is 5.05. The van der Waals surface area contributed by atoms with Crippen LogP contribution in [0.1, 0.15) is 56.2 Å². The van der Waals surface area contributed by atoms with Crippen LogP contribution in [0.5, 0.6) is 5.75 Å². The van der Waals surface area contributed by atoms with Crippen LogP contribution in [0.2, 0.25) is 0 Å².